The van der Waals surface area contributed by atoms with Gasteiger partial charge < -0.3 is 0 Å². The van der Waals surface area contributed by atoms with Crippen LogP contribution in [-0.2, 0) is 0 Å². The quantitative estimate of drug-likeness (QED) is 0.591. The Balaban J connectivity index is 3.12. The van der Waals surface area contributed by atoms with Crippen LogP contribution in [0.4, 0.5) is 26.3 Å². The van der Waals surface area contributed by atoms with Gasteiger partial charge in [-0.25, -0.2) is 13.2 Å². The van der Waals surface area contributed by atoms with Crippen LogP contribution in [0, 0.1) is 5.92 Å². The molecule has 6 heteroatoms. The summed E-state index contributed by atoms with van der Waals surface area (Å²) in [5, 5.41) is 0. The molecule has 0 aliphatic heterocycles. The number of rotatable bonds is 1. The van der Waals surface area contributed by atoms with Crippen molar-refractivity contribution < 1.29 is 26.3 Å². The maximum Gasteiger partial charge on any atom is 0.428 e. The van der Waals surface area contributed by atoms with Gasteiger partial charge in [-0.15, -0.1) is 0 Å². The smallest absolute Gasteiger partial charge is 0.227 e. The lowest BCUT2D eigenvalue weighted by Crippen LogP contribution is -2.55. The van der Waals surface area contributed by atoms with Crippen molar-refractivity contribution >= 4 is 0 Å². The van der Waals surface area contributed by atoms with E-state index in [2.05, 4.69) is 0 Å². The van der Waals surface area contributed by atoms with Gasteiger partial charge in [0.2, 0.25) is 0 Å². The van der Waals surface area contributed by atoms with E-state index in [1.54, 1.807) is 0 Å². The highest BCUT2D eigenvalue weighted by Crippen LogP contribution is 2.58. The van der Waals surface area contributed by atoms with Crippen molar-refractivity contribution in [2.45, 2.75) is 44.0 Å². The van der Waals surface area contributed by atoms with E-state index in [0.717, 1.165) is 0 Å². The van der Waals surface area contributed by atoms with Crippen molar-refractivity contribution in [2.24, 2.45) is 5.92 Å². The standard InChI is InChI=1S/C8H10F6/c1-2-5-3-4-6(9,10)7(5,11)8(12,13)14/h5H,2-4H2,1H3. The van der Waals surface area contributed by atoms with Crippen LogP contribution in [0.2, 0.25) is 0 Å². The topological polar surface area (TPSA) is 0 Å². The zero-order valence-electron chi connectivity index (χ0n) is 7.47. The number of alkyl halides is 6. The van der Waals surface area contributed by atoms with E-state index in [1.165, 1.54) is 6.92 Å². The molecule has 1 aliphatic rings. The Hall–Kier alpha value is -0.420. The molecule has 1 rings (SSSR count). The molecule has 84 valence electrons. The predicted molar refractivity (Wildman–Crippen MR) is 37.9 cm³/mol. The minimum Gasteiger partial charge on any atom is -0.227 e. The average molecular weight is 220 g/mol. The van der Waals surface area contributed by atoms with Gasteiger partial charge >= 0.3 is 6.18 Å². The molecule has 2 atom stereocenters. The first-order chi connectivity index (χ1) is 6.17. The van der Waals surface area contributed by atoms with Gasteiger partial charge in [0.1, 0.15) is 0 Å². The molecule has 0 spiro atoms. The number of hydrogen-bond donors (Lipinski definition) is 0. The molecule has 0 saturated heterocycles. The van der Waals surface area contributed by atoms with E-state index < -0.39 is 36.5 Å². The molecule has 1 saturated carbocycles. The van der Waals surface area contributed by atoms with E-state index in [1.807, 2.05) is 0 Å². The molecule has 14 heavy (non-hydrogen) atoms. The fourth-order valence-corrected chi connectivity index (χ4v) is 1.96. The minimum absolute atomic E-state index is 0.231. The molecule has 0 heterocycles. The van der Waals surface area contributed by atoms with Gasteiger partial charge in [-0.1, -0.05) is 6.92 Å². The van der Waals surface area contributed by atoms with E-state index in [4.69, 9.17) is 0 Å². The van der Waals surface area contributed by atoms with Crippen LogP contribution in [0.25, 0.3) is 0 Å². The van der Waals surface area contributed by atoms with Crippen LogP contribution in [0.15, 0.2) is 0 Å². The molecule has 1 aliphatic carbocycles. The van der Waals surface area contributed by atoms with Crippen molar-refractivity contribution in [1.82, 2.24) is 0 Å². The SMILES string of the molecule is CCC1CCC(F)(F)C1(F)C(F)(F)F. The maximum atomic E-state index is 13.4. The van der Waals surface area contributed by atoms with Gasteiger partial charge in [0.05, 0.1) is 0 Å². The van der Waals surface area contributed by atoms with Gasteiger partial charge in [0.25, 0.3) is 11.6 Å². The average Bonchev–Trinajstić information content (AvgIpc) is 2.24. The Morgan fingerprint density at radius 2 is 1.71 bits per heavy atom. The first-order valence-corrected chi connectivity index (χ1v) is 4.30. The highest BCUT2D eigenvalue weighted by atomic mass is 19.4. The summed E-state index contributed by atoms with van der Waals surface area (Å²) in [5.41, 5.74) is -4.34. The van der Waals surface area contributed by atoms with Crippen molar-refractivity contribution in [2.75, 3.05) is 0 Å². The van der Waals surface area contributed by atoms with E-state index in [-0.39, 0.29) is 6.42 Å². The van der Waals surface area contributed by atoms with E-state index in [9.17, 15) is 26.3 Å². The lowest BCUT2D eigenvalue weighted by Gasteiger charge is -2.33. The summed E-state index contributed by atoms with van der Waals surface area (Å²) in [6.45, 7) is 1.28. The Bertz CT molecular complexity index is 220. The Morgan fingerprint density at radius 3 is 2.00 bits per heavy atom. The second-order valence-corrected chi connectivity index (χ2v) is 3.56. The van der Waals surface area contributed by atoms with Crippen molar-refractivity contribution in [3.05, 3.63) is 0 Å². The van der Waals surface area contributed by atoms with Gasteiger partial charge in [-0.05, 0) is 12.8 Å². The van der Waals surface area contributed by atoms with Crippen LogP contribution in [-0.4, -0.2) is 17.8 Å². The lowest BCUT2D eigenvalue weighted by molar-refractivity contribution is -0.303. The first-order valence-electron chi connectivity index (χ1n) is 4.30. The molecular weight excluding hydrogens is 210 g/mol. The zero-order chi connectivity index (χ0) is 11.2. The Labute approximate surface area is 77.3 Å². The molecule has 0 amide bonds. The molecule has 2 unspecified atom stereocenters. The zero-order valence-corrected chi connectivity index (χ0v) is 7.47. The number of halogens is 6. The highest BCUT2D eigenvalue weighted by Gasteiger charge is 2.76. The molecule has 0 bridgehead atoms. The minimum atomic E-state index is -5.49. The fourth-order valence-electron chi connectivity index (χ4n) is 1.96. The van der Waals surface area contributed by atoms with E-state index >= 15 is 0 Å². The molecular formula is C8H10F6. The van der Waals surface area contributed by atoms with Crippen LogP contribution in [0.1, 0.15) is 26.2 Å². The third-order valence-electron chi connectivity index (χ3n) is 2.81. The summed E-state index contributed by atoms with van der Waals surface area (Å²) in [5.74, 6) is -5.91. The number of hydrogen-bond acceptors (Lipinski definition) is 0. The second kappa shape index (κ2) is 3.03. The Morgan fingerprint density at radius 1 is 1.21 bits per heavy atom. The third kappa shape index (κ3) is 1.30. The lowest BCUT2D eigenvalue weighted by atomic mass is 9.88. The largest absolute Gasteiger partial charge is 0.428 e. The van der Waals surface area contributed by atoms with Crippen molar-refractivity contribution in [3.8, 4) is 0 Å². The summed E-state index contributed by atoms with van der Waals surface area (Å²) in [7, 11) is 0. The summed E-state index contributed by atoms with van der Waals surface area (Å²) < 4.78 is 75.7. The Kier molecular flexibility index (Phi) is 2.53. The fraction of sp³-hybridized carbons (Fsp3) is 1.00. The van der Waals surface area contributed by atoms with Crippen LogP contribution >= 0.6 is 0 Å². The van der Waals surface area contributed by atoms with Crippen LogP contribution in [0.5, 0.6) is 0 Å². The highest BCUT2D eigenvalue weighted by molar-refractivity contribution is 5.08. The van der Waals surface area contributed by atoms with Crippen molar-refractivity contribution in [1.29, 1.82) is 0 Å². The molecule has 0 aromatic heterocycles. The van der Waals surface area contributed by atoms with E-state index in [0.29, 0.717) is 0 Å². The molecule has 1 fully saturated rings. The summed E-state index contributed by atoms with van der Waals surface area (Å²) in [4.78, 5) is 0. The molecule has 0 aromatic carbocycles. The molecule has 0 nitrogen and oxygen atoms in total. The van der Waals surface area contributed by atoms with Gasteiger partial charge in [0, 0.05) is 12.3 Å². The van der Waals surface area contributed by atoms with Crippen LogP contribution < -0.4 is 0 Å². The maximum absolute atomic E-state index is 13.4. The summed E-state index contributed by atoms with van der Waals surface area (Å²) >= 11 is 0. The molecule has 0 aromatic rings. The summed E-state index contributed by atoms with van der Waals surface area (Å²) in [6, 6.07) is 0. The molecule has 0 radical (unpaired) electrons. The normalized spacial score (nSPS) is 37.5. The monoisotopic (exact) mass is 220 g/mol. The molecule has 0 N–H and O–H groups in total. The third-order valence-corrected chi connectivity index (χ3v) is 2.81. The first kappa shape index (κ1) is 11.7. The predicted octanol–water partition coefficient (Wildman–Crippen LogP) is 3.71. The van der Waals surface area contributed by atoms with Gasteiger partial charge in [0.15, 0.2) is 0 Å². The van der Waals surface area contributed by atoms with Crippen LogP contribution in [0.3, 0.4) is 0 Å². The summed E-state index contributed by atoms with van der Waals surface area (Å²) in [6.07, 6.45) is -7.17. The second-order valence-electron chi connectivity index (χ2n) is 3.56. The van der Waals surface area contributed by atoms with Crippen molar-refractivity contribution in [3.63, 3.8) is 0 Å². The van der Waals surface area contributed by atoms with Gasteiger partial charge in [-0.2, -0.15) is 13.2 Å². The van der Waals surface area contributed by atoms with Gasteiger partial charge in [-0.3, -0.25) is 0 Å².